The topological polar surface area (TPSA) is 83.6 Å². The first kappa shape index (κ1) is 16.3. The molecule has 0 saturated carbocycles. The zero-order valence-electron chi connectivity index (χ0n) is 12.7. The van der Waals surface area contributed by atoms with Crippen LogP contribution < -0.4 is 5.73 Å². The van der Waals surface area contributed by atoms with Crippen molar-refractivity contribution < 1.29 is 13.5 Å². The maximum absolute atomic E-state index is 13.0. The van der Waals surface area contributed by atoms with Crippen LogP contribution in [0.15, 0.2) is 17.0 Å². The molecule has 1 unspecified atom stereocenters. The predicted molar refractivity (Wildman–Crippen MR) is 83.6 cm³/mol. The van der Waals surface area contributed by atoms with E-state index in [0.717, 1.165) is 30.4 Å². The molecule has 0 bridgehead atoms. The average molecular weight is 312 g/mol. The minimum atomic E-state index is -3.57. The third-order valence-electron chi connectivity index (χ3n) is 4.26. The van der Waals surface area contributed by atoms with Crippen molar-refractivity contribution >= 4 is 15.7 Å². The molecule has 1 aliphatic rings. The first-order valence-corrected chi connectivity index (χ1v) is 8.81. The van der Waals surface area contributed by atoms with Gasteiger partial charge < -0.3 is 10.8 Å². The van der Waals surface area contributed by atoms with Gasteiger partial charge in [0.25, 0.3) is 0 Å². The lowest BCUT2D eigenvalue weighted by atomic mass is 10.0. The maximum Gasteiger partial charge on any atom is 0.243 e. The summed E-state index contributed by atoms with van der Waals surface area (Å²) >= 11 is 0. The first-order valence-electron chi connectivity index (χ1n) is 7.37. The van der Waals surface area contributed by atoms with Gasteiger partial charge in [0.15, 0.2) is 0 Å². The van der Waals surface area contributed by atoms with Crippen molar-refractivity contribution in [1.29, 1.82) is 0 Å². The molecule has 3 N–H and O–H groups in total. The number of aliphatic hydroxyl groups excluding tert-OH is 1. The fraction of sp³-hybridized carbons (Fsp3) is 0.600. The summed E-state index contributed by atoms with van der Waals surface area (Å²) in [7, 11) is -3.57. The van der Waals surface area contributed by atoms with Crippen molar-refractivity contribution in [2.75, 3.05) is 18.9 Å². The molecule has 1 heterocycles. The van der Waals surface area contributed by atoms with Crippen LogP contribution in [0, 0.1) is 13.8 Å². The number of sulfonamides is 1. The van der Waals surface area contributed by atoms with Crippen LogP contribution in [0.1, 0.15) is 36.8 Å². The lowest BCUT2D eigenvalue weighted by molar-refractivity contribution is 0.192. The van der Waals surface area contributed by atoms with Crippen molar-refractivity contribution in [1.82, 2.24) is 4.31 Å². The zero-order chi connectivity index (χ0) is 15.6. The van der Waals surface area contributed by atoms with Gasteiger partial charge in [-0.2, -0.15) is 4.31 Å². The van der Waals surface area contributed by atoms with E-state index in [0.29, 0.717) is 23.5 Å². The molecule has 2 rings (SSSR count). The summed E-state index contributed by atoms with van der Waals surface area (Å²) < 4.78 is 27.5. The summed E-state index contributed by atoms with van der Waals surface area (Å²) in [5, 5.41) is 9.17. The second-order valence-corrected chi connectivity index (χ2v) is 7.60. The Bertz CT molecular complexity index is 612. The van der Waals surface area contributed by atoms with E-state index in [1.54, 1.807) is 16.4 Å². The van der Waals surface area contributed by atoms with Crippen molar-refractivity contribution in [2.24, 2.45) is 0 Å². The molecular formula is C15H24N2O3S. The summed E-state index contributed by atoms with van der Waals surface area (Å²) in [5.41, 5.74) is 7.92. The molecular weight excluding hydrogens is 288 g/mol. The van der Waals surface area contributed by atoms with E-state index in [-0.39, 0.29) is 12.6 Å². The molecule has 0 aromatic heterocycles. The number of anilines is 1. The number of benzene rings is 1. The number of nitrogens with zero attached hydrogens (tertiary/aromatic N) is 1. The molecule has 1 aromatic carbocycles. The molecule has 0 amide bonds. The number of piperidine rings is 1. The smallest absolute Gasteiger partial charge is 0.243 e. The number of nitrogens with two attached hydrogens (primary N) is 1. The van der Waals surface area contributed by atoms with Crippen LogP contribution in [0.3, 0.4) is 0 Å². The first-order chi connectivity index (χ1) is 9.87. The third kappa shape index (κ3) is 3.22. The number of aliphatic hydroxyl groups is 1. The summed E-state index contributed by atoms with van der Waals surface area (Å²) in [6, 6.07) is 3.22. The van der Waals surface area contributed by atoms with Gasteiger partial charge in [0, 0.05) is 24.9 Å². The Labute approximate surface area is 126 Å². The van der Waals surface area contributed by atoms with Crippen molar-refractivity contribution in [3.05, 3.63) is 23.3 Å². The molecule has 1 aromatic rings. The van der Waals surface area contributed by atoms with E-state index < -0.39 is 10.0 Å². The van der Waals surface area contributed by atoms with E-state index in [1.807, 2.05) is 13.8 Å². The molecule has 0 radical (unpaired) electrons. The number of aryl methyl sites for hydroxylation is 1. The van der Waals surface area contributed by atoms with Gasteiger partial charge in [-0.15, -0.1) is 0 Å². The Morgan fingerprint density at radius 1 is 1.33 bits per heavy atom. The van der Waals surface area contributed by atoms with Crippen LogP contribution >= 0.6 is 0 Å². The van der Waals surface area contributed by atoms with Crippen LogP contribution in [0.5, 0.6) is 0 Å². The molecule has 0 aliphatic carbocycles. The van der Waals surface area contributed by atoms with E-state index in [1.165, 1.54) is 0 Å². The molecule has 1 saturated heterocycles. The van der Waals surface area contributed by atoms with Gasteiger partial charge in [-0.05, 0) is 56.4 Å². The minimum Gasteiger partial charge on any atom is -0.399 e. The molecule has 0 spiro atoms. The van der Waals surface area contributed by atoms with Crippen LogP contribution in [-0.2, 0) is 10.0 Å². The lowest BCUT2D eigenvalue weighted by Gasteiger charge is -2.35. The zero-order valence-corrected chi connectivity index (χ0v) is 13.5. The highest BCUT2D eigenvalue weighted by atomic mass is 32.2. The number of nitrogen functional groups attached to an aromatic ring is 1. The summed E-state index contributed by atoms with van der Waals surface area (Å²) in [6.45, 7) is 4.20. The normalized spacial score (nSPS) is 20.6. The average Bonchev–Trinajstić information content (AvgIpc) is 2.43. The fourth-order valence-electron chi connectivity index (χ4n) is 2.98. The highest BCUT2D eigenvalue weighted by Crippen LogP contribution is 2.30. The van der Waals surface area contributed by atoms with E-state index in [2.05, 4.69) is 0 Å². The molecule has 5 nitrogen and oxygen atoms in total. The van der Waals surface area contributed by atoms with Gasteiger partial charge in [0.2, 0.25) is 10.0 Å². The van der Waals surface area contributed by atoms with Gasteiger partial charge in [-0.25, -0.2) is 8.42 Å². The third-order valence-corrected chi connectivity index (χ3v) is 6.34. The predicted octanol–water partition coefficient (Wildman–Crippen LogP) is 1.81. The summed E-state index contributed by atoms with van der Waals surface area (Å²) in [5.74, 6) is 0. The van der Waals surface area contributed by atoms with Crippen LogP contribution in [0.25, 0.3) is 0 Å². The van der Waals surface area contributed by atoms with Crippen molar-refractivity contribution in [2.45, 2.75) is 50.5 Å². The number of hydrogen-bond acceptors (Lipinski definition) is 4. The van der Waals surface area contributed by atoms with Crippen LogP contribution in [0.4, 0.5) is 5.69 Å². The molecule has 1 fully saturated rings. The highest BCUT2D eigenvalue weighted by Gasteiger charge is 2.34. The summed E-state index contributed by atoms with van der Waals surface area (Å²) in [4.78, 5) is 0.296. The number of hydrogen-bond donors (Lipinski definition) is 2. The molecule has 21 heavy (non-hydrogen) atoms. The Balaban J connectivity index is 2.45. The number of rotatable bonds is 4. The van der Waals surface area contributed by atoms with E-state index >= 15 is 0 Å². The van der Waals surface area contributed by atoms with Gasteiger partial charge in [-0.1, -0.05) is 6.42 Å². The molecule has 6 heteroatoms. The molecule has 1 atom stereocenters. The SMILES string of the molecule is Cc1cc(N)cc(S(=O)(=O)N2CCCCC2CCO)c1C. The van der Waals surface area contributed by atoms with Crippen molar-refractivity contribution in [3.8, 4) is 0 Å². The van der Waals surface area contributed by atoms with Gasteiger partial charge >= 0.3 is 0 Å². The van der Waals surface area contributed by atoms with Gasteiger partial charge in [0.1, 0.15) is 0 Å². The fourth-order valence-corrected chi connectivity index (χ4v) is 5.03. The molecule has 118 valence electrons. The largest absolute Gasteiger partial charge is 0.399 e. The van der Waals surface area contributed by atoms with Crippen LogP contribution in [-0.4, -0.2) is 37.0 Å². The Morgan fingerprint density at radius 3 is 2.71 bits per heavy atom. The van der Waals surface area contributed by atoms with Crippen molar-refractivity contribution in [3.63, 3.8) is 0 Å². The Kier molecular flexibility index (Phi) is 4.91. The maximum atomic E-state index is 13.0. The second-order valence-electron chi connectivity index (χ2n) is 5.74. The van der Waals surface area contributed by atoms with Gasteiger partial charge in [-0.3, -0.25) is 0 Å². The quantitative estimate of drug-likeness (QED) is 0.831. The van der Waals surface area contributed by atoms with Gasteiger partial charge in [0.05, 0.1) is 4.90 Å². The standard InChI is InChI=1S/C15H24N2O3S/c1-11-9-13(16)10-15(12(11)2)21(19,20)17-7-4-3-5-14(17)6-8-18/h9-10,14,18H,3-8,16H2,1-2H3. The second kappa shape index (κ2) is 6.34. The Morgan fingerprint density at radius 2 is 2.05 bits per heavy atom. The minimum absolute atomic E-state index is 0.00558. The van der Waals surface area contributed by atoms with E-state index in [9.17, 15) is 13.5 Å². The van der Waals surface area contributed by atoms with E-state index in [4.69, 9.17) is 5.73 Å². The Hall–Kier alpha value is -1.11. The lowest BCUT2D eigenvalue weighted by Crippen LogP contribution is -2.44. The highest BCUT2D eigenvalue weighted by molar-refractivity contribution is 7.89. The summed E-state index contributed by atoms with van der Waals surface area (Å²) in [6.07, 6.45) is 3.16. The molecule has 1 aliphatic heterocycles. The monoisotopic (exact) mass is 312 g/mol. The van der Waals surface area contributed by atoms with Crippen LogP contribution in [0.2, 0.25) is 0 Å².